The van der Waals surface area contributed by atoms with E-state index in [9.17, 15) is 5.11 Å². The number of aliphatic hydroxyl groups excluding tert-OH is 1. The molecule has 2 N–H and O–H groups in total. The van der Waals surface area contributed by atoms with Gasteiger partial charge in [-0.25, -0.2) is 0 Å². The monoisotopic (exact) mass is 290 g/mol. The molecule has 0 radical (unpaired) electrons. The Labute approximate surface area is 128 Å². The van der Waals surface area contributed by atoms with Gasteiger partial charge in [-0.15, -0.1) is 0 Å². The number of ether oxygens (including phenoxy) is 2. The molecule has 4 aliphatic rings. The first-order valence-electron chi connectivity index (χ1n) is 9.34. The molecule has 1 saturated carbocycles. The van der Waals surface area contributed by atoms with Gasteiger partial charge in [0.25, 0.3) is 0 Å². The molecule has 5 rings (SSSR count). The molecule has 0 amide bonds. The Morgan fingerprint density at radius 3 is 3.33 bits per heavy atom. The van der Waals surface area contributed by atoms with Gasteiger partial charge >= 0.3 is 0 Å². The van der Waals surface area contributed by atoms with Crippen molar-refractivity contribution in [2.24, 2.45) is 5.92 Å². The number of aliphatic hydroxyl groups is 1. The molecule has 2 heterocycles. The minimum atomic E-state index is -2.51. The average molecular weight is 290 g/mol. The van der Waals surface area contributed by atoms with Crippen molar-refractivity contribution in [2.75, 3.05) is 13.6 Å². The van der Waals surface area contributed by atoms with Crippen LogP contribution in [-0.2, 0) is 11.8 Å². The molecule has 1 aromatic carbocycles. The molecule has 4 heteroatoms. The number of hydrogen-bond donors (Lipinski definition) is 2. The lowest BCUT2D eigenvalue weighted by molar-refractivity contribution is -0.0761. The lowest BCUT2D eigenvalue weighted by Crippen LogP contribution is -2.66. The van der Waals surface area contributed by atoms with Crippen molar-refractivity contribution in [3.05, 3.63) is 23.3 Å². The van der Waals surface area contributed by atoms with Crippen LogP contribution in [0.1, 0.15) is 34.5 Å². The van der Waals surface area contributed by atoms with E-state index in [0.29, 0.717) is 17.7 Å². The van der Waals surface area contributed by atoms with Gasteiger partial charge in [0.1, 0.15) is 6.10 Å². The van der Waals surface area contributed by atoms with E-state index in [1.165, 1.54) is 5.56 Å². The maximum absolute atomic E-state index is 10.6. The number of hydrogen-bond acceptors (Lipinski definition) is 4. The van der Waals surface area contributed by atoms with Gasteiger partial charge in [-0.05, 0) is 49.8 Å². The highest BCUT2D eigenvalue weighted by molar-refractivity contribution is 5.61. The van der Waals surface area contributed by atoms with Crippen molar-refractivity contribution in [1.82, 2.24) is 5.32 Å². The van der Waals surface area contributed by atoms with E-state index >= 15 is 0 Å². The third-order valence-electron chi connectivity index (χ3n) is 6.19. The van der Waals surface area contributed by atoms with Crippen molar-refractivity contribution in [3.63, 3.8) is 0 Å². The van der Waals surface area contributed by atoms with Crippen molar-refractivity contribution in [2.45, 2.75) is 49.3 Å². The molecule has 0 aromatic heterocycles. The van der Waals surface area contributed by atoms with Crippen molar-refractivity contribution < 1.29 is 18.7 Å². The van der Waals surface area contributed by atoms with E-state index in [2.05, 4.69) is 5.32 Å². The van der Waals surface area contributed by atoms with Crippen LogP contribution in [0.4, 0.5) is 0 Å². The molecule has 21 heavy (non-hydrogen) atoms. The van der Waals surface area contributed by atoms with Gasteiger partial charge in [-0.2, -0.15) is 0 Å². The molecule has 5 atom stereocenters. The van der Waals surface area contributed by atoms with Crippen molar-refractivity contribution in [3.8, 4) is 11.5 Å². The first-order chi connectivity index (χ1) is 11.4. The summed E-state index contributed by atoms with van der Waals surface area (Å²) in [5, 5.41) is 14.3. The predicted molar refractivity (Wildman–Crippen MR) is 77.9 cm³/mol. The van der Waals surface area contributed by atoms with Gasteiger partial charge in [-0.1, -0.05) is 6.07 Å². The summed E-state index contributed by atoms with van der Waals surface area (Å²) in [6, 6.07) is 4.09. The highest BCUT2D eigenvalue weighted by Crippen LogP contribution is 2.62. The van der Waals surface area contributed by atoms with Crippen LogP contribution in [0.2, 0.25) is 0 Å². The summed E-state index contributed by atoms with van der Waals surface area (Å²) in [7, 11) is -2.51. The summed E-state index contributed by atoms with van der Waals surface area (Å²) in [5.74, 6) is 1.26. The van der Waals surface area contributed by atoms with Gasteiger partial charge < -0.3 is 19.9 Å². The summed E-state index contributed by atoms with van der Waals surface area (Å²) >= 11 is 0. The predicted octanol–water partition coefficient (Wildman–Crippen LogP) is 1.38. The Kier molecular flexibility index (Phi) is 1.81. The quantitative estimate of drug-likeness (QED) is 0.820. The second-order valence-corrected chi connectivity index (χ2v) is 6.87. The van der Waals surface area contributed by atoms with Gasteiger partial charge in [0.2, 0.25) is 0 Å². The van der Waals surface area contributed by atoms with Crippen LogP contribution >= 0.6 is 0 Å². The zero-order chi connectivity index (χ0) is 16.7. The van der Waals surface area contributed by atoms with E-state index in [4.69, 9.17) is 13.6 Å². The van der Waals surface area contributed by atoms with Crippen LogP contribution in [0, 0.1) is 5.92 Å². The number of benzene rings is 1. The fourth-order valence-electron chi connectivity index (χ4n) is 5.50. The van der Waals surface area contributed by atoms with E-state index in [1.54, 1.807) is 6.07 Å². The molecule has 0 unspecified atom stereocenters. The molecule has 1 saturated heterocycles. The summed E-state index contributed by atoms with van der Waals surface area (Å²) in [5.41, 5.74) is 2.11. The van der Waals surface area contributed by atoms with E-state index < -0.39 is 13.1 Å². The number of methoxy groups -OCH3 is 1. The molecular formula is C17H21NO3. The van der Waals surface area contributed by atoms with Crippen LogP contribution in [-0.4, -0.2) is 36.9 Å². The van der Waals surface area contributed by atoms with Gasteiger partial charge in [0.05, 0.1) is 17.3 Å². The smallest absolute Gasteiger partial charge is 0.165 e. The molecular weight excluding hydrogens is 266 g/mol. The highest BCUT2D eigenvalue weighted by Gasteiger charge is 2.64. The topological polar surface area (TPSA) is 50.7 Å². The Bertz CT molecular complexity index is 707. The zero-order valence-electron chi connectivity index (χ0n) is 14.8. The van der Waals surface area contributed by atoms with E-state index in [0.717, 1.165) is 37.8 Å². The van der Waals surface area contributed by atoms with E-state index in [1.807, 2.05) is 6.07 Å². The SMILES string of the molecule is [2H]C([2H])([2H])Oc1ccc2c3c1O[C@H]1[C@@H](O)CC[C@H]4[C@@H](C2)NCC[C@@]341. The zero-order valence-corrected chi connectivity index (χ0v) is 11.8. The molecule has 1 spiro atoms. The normalized spacial score (nSPS) is 44.9. The molecule has 2 fully saturated rings. The molecule has 1 aromatic rings. The largest absolute Gasteiger partial charge is 0.493 e. The standard InChI is InChI=1S/C17H21NO3/c1-20-13-5-2-9-8-11-10-3-4-12(19)16-17(10,6-7-18-11)14(9)15(13)21-16/h2,5,10-12,16,18-19H,3-4,6-8H2,1H3/t10-,11+,12-,16-,17-/m0/s1/i1D3. The van der Waals surface area contributed by atoms with Crippen LogP contribution in [0.3, 0.4) is 0 Å². The second kappa shape index (κ2) is 3.93. The highest BCUT2D eigenvalue weighted by atomic mass is 16.5. The first kappa shape index (κ1) is 9.70. The molecule has 2 bridgehead atoms. The molecule has 112 valence electrons. The minimum Gasteiger partial charge on any atom is -0.493 e. The second-order valence-electron chi connectivity index (χ2n) is 6.87. The van der Waals surface area contributed by atoms with Gasteiger partial charge in [-0.3, -0.25) is 0 Å². The third kappa shape index (κ3) is 1.29. The molecule has 2 aliphatic heterocycles. The first-order valence-corrected chi connectivity index (χ1v) is 7.84. The third-order valence-corrected chi connectivity index (χ3v) is 6.19. The average Bonchev–Trinajstić information content (AvgIpc) is 2.84. The molecule has 2 aliphatic carbocycles. The van der Waals surface area contributed by atoms with Crippen LogP contribution in [0.5, 0.6) is 11.5 Å². The Balaban J connectivity index is 1.72. The van der Waals surface area contributed by atoms with Crippen molar-refractivity contribution >= 4 is 0 Å². The number of piperidine rings is 1. The van der Waals surface area contributed by atoms with E-state index in [-0.39, 0.29) is 17.3 Å². The number of nitrogens with one attached hydrogen (secondary N) is 1. The van der Waals surface area contributed by atoms with Crippen LogP contribution < -0.4 is 14.8 Å². The fourth-order valence-corrected chi connectivity index (χ4v) is 5.50. The van der Waals surface area contributed by atoms with Crippen LogP contribution in [0.25, 0.3) is 0 Å². The summed E-state index contributed by atoms with van der Waals surface area (Å²) in [6.07, 6.45) is 2.73. The Morgan fingerprint density at radius 1 is 1.48 bits per heavy atom. The summed E-state index contributed by atoms with van der Waals surface area (Å²) in [6.45, 7) is 0.900. The Hall–Kier alpha value is -1.26. The minimum absolute atomic E-state index is 0.204. The fraction of sp³-hybridized carbons (Fsp3) is 0.647. The van der Waals surface area contributed by atoms with Gasteiger partial charge in [0, 0.05) is 17.0 Å². The lowest BCUT2D eigenvalue weighted by atomic mass is 9.52. The summed E-state index contributed by atoms with van der Waals surface area (Å²) < 4.78 is 33.7. The summed E-state index contributed by atoms with van der Waals surface area (Å²) in [4.78, 5) is 0. The number of rotatable bonds is 1. The molecule has 4 nitrogen and oxygen atoms in total. The maximum Gasteiger partial charge on any atom is 0.165 e. The Morgan fingerprint density at radius 2 is 2.43 bits per heavy atom. The van der Waals surface area contributed by atoms with Crippen molar-refractivity contribution in [1.29, 1.82) is 0 Å². The lowest BCUT2D eigenvalue weighted by Gasteiger charge is -2.56. The van der Waals surface area contributed by atoms with Gasteiger partial charge in [0.15, 0.2) is 11.5 Å². The maximum atomic E-state index is 10.6. The van der Waals surface area contributed by atoms with Crippen LogP contribution in [0.15, 0.2) is 12.1 Å².